The molecule has 0 aromatic rings. The van der Waals surface area contributed by atoms with Gasteiger partial charge in [0, 0.05) is 6.04 Å². The van der Waals surface area contributed by atoms with Crippen LogP contribution >= 0.6 is 0 Å². The van der Waals surface area contributed by atoms with Crippen LogP contribution in [-0.2, 0) is 0 Å². The average Bonchev–Trinajstić information content (AvgIpc) is 3.05. The maximum absolute atomic E-state index is 13.1. The molecule has 0 spiro atoms. The van der Waals surface area contributed by atoms with Gasteiger partial charge in [-0.2, -0.15) is 0 Å². The van der Waals surface area contributed by atoms with E-state index in [1.165, 1.54) is 155 Å². The van der Waals surface area contributed by atoms with Gasteiger partial charge in [-0.1, -0.05) is 146 Å². The molecular formula is C29H56B2N2O. The van der Waals surface area contributed by atoms with Crippen LogP contribution in [0.5, 0.6) is 0 Å². The second kappa shape index (κ2) is 17.9. The van der Waals surface area contributed by atoms with E-state index in [1.807, 2.05) is 0 Å². The second-order valence-electron chi connectivity index (χ2n) is 12.3. The second-order valence-corrected chi connectivity index (χ2v) is 12.3. The Balaban J connectivity index is 1.48. The Labute approximate surface area is 213 Å². The number of carbonyl (C=O) groups excluding carboxylic acids is 1. The van der Waals surface area contributed by atoms with Gasteiger partial charge in [0.15, 0.2) is 5.81 Å². The summed E-state index contributed by atoms with van der Waals surface area (Å²) in [6, 6.07) is 0.959. The molecule has 0 aliphatic heterocycles. The third-order valence-corrected chi connectivity index (χ3v) is 9.16. The van der Waals surface area contributed by atoms with Crippen molar-refractivity contribution in [1.29, 1.82) is 0 Å². The predicted molar refractivity (Wildman–Crippen MR) is 152 cm³/mol. The summed E-state index contributed by atoms with van der Waals surface area (Å²) in [6.07, 6.45) is 32.6. The first-order valence-electron chi connectivity index (χ1n) is 15.8. The van der Waals surface area contributed by atoms with Crippen LogP contribution in [0, 0.1) is 0 Å². The summed E-state index contributed by atoms with van der Waals surface area (Å²) in [7, 11) is 1.98. The molecule has 2 atom stereocenters. The van der Waals surface area contributed by atoms with Gasteiger partial charge in [-0.15, -0.1) is 0 Å². The molecule has 3 nitrogen and oxygen atoms in total. The SMILES string of the molecule is O=C(BC1CCCCCCCC1)NC1CCCCCCCC(NBC2CCCCCCCC2)C1. The molecule has 0 bridgehead atoms. The minimum atomic E-state index is 0.348. The van der Waals surface area contributed by atoms with Crippen LogP contribution in [0.3, 0.4) is 0 Å². The lowest BCUT2D eigenvalue weighted by Gasteiger charge is -2.29. The Morgan fingerprint density at radius 3 is 1.44 bits per heavy atom. The van der Waals surface area contributed by atoms with Crippen LogP contribution in [-0.4, -0.2) is 32.6 Å². The number of hydrogen-bond donors (Lipinski definition) is 2. The van der Waals surface area contributed by atoms with Gasteiger partial charge in [0.25, 0.3) is 0 Å². The highest BCUT2D eigenvalue weighted by molar-refractivity contribution is 6.74. The fourth-order valence-corrected chi connectivity index (χ4v) is 6.93. The van der Waals surface area contributed by atoms with Crippen molar-refractivity contribution in [2.45, 2.75) is 178 Å². The summed E-state index contributed by atoms with van der Waals surface area (Å²) in [6.45, 7) is 0. The zero-order valence-electron chi connectivity index (χ0n) is 22.6. The van der Waals surface area contributed by atoms with Gasteiger partial charge in [-0.25, -0.2) is 0 Å². The molecule has 3 aliphatic rings. The predicted octanol–water partition coefficient (Wildman–Crippen LogP) is 7.79. The van der Waals surface area contributed by atoms with Crippen LogP contribution < -0.4 is 10.5 Å². The highest BCUT2D eigenvalue weighted by atomic mass is 16.1. The van der Waals surface area contributed by atoms with Crippen LogP contribution in [0.25, 0.3) is 0 Å². The maximum atomic E-state index is 13.1. The van der Waals surface area contributed by atoms with Crippen molar-refractivity contribution in [3.05, 3.63) is 0 Å². The molecule has 3 rings (SSSR count). The minimum Gasteiger partial charge on any atom is -0.362 e. The molecule has 2 unspecified atom stereocenters. The van der Waals surface area contributed by atoms with Crippen LogP contribution in [0.15, 0.2) is 0 Å². The molecule has 2 N–H and O–H groups in total. The number of nitrogens with one attached hydrogen (secondary N) is 2. The standard InChI is InChI=1S/C29H56B2N2O/c34-29(30-25-18-12-6-1-2-7-13-19-25)32-27-22-16-10-5-11-17-23-28(24-27)33-31-26-20-14-8-3-4-9-15-21-26/h25-28,30-31,33H,1-24H2,(H,32,34). The molecule has 1 amide bonds. The molecule has 5 heteroatoms. The van der Waals surface area contributed by atoms with Gasteiger partial charge in [-0.3, -0.25) is 4.79 Å². The molecule has 0 saturated heterocycles. The summed E-state index contributed by atoms with van der Waals surface area (Å²) >= 11 is 0. The van der Waals surface area contributed by atoms with Gasteiger partial charge in [0.2, 0.25) is 14.7 Å². The minimum absolute atomic E-state index is 0.348. The molecule has 0 aromatic heterocycles. The number of carbonyl (C=O) groups is 1. The summed E-state index contributed by atoms with van der Waals surface area (Å²) in [5.41, 5.74) is 0. The van der Waals surface area contributed by atoms with Crippen molar-refractivity contribution in [3.8, 4) is 0 Å². The quantitative estimate of drug-likeness (QED) is 0.389. The van der Waals surface area contributed by atoms with E-state index in [9.17, 15) is 4.79 Å². The van der Waals surface area contributed by atoms with Crippen LogP contribution in [0.1, 0.15) is 154 Å². The third kappa shape index (κ3) is 12.5. The summed E-state index contributed by atoms with van der Waals surface area (Å²) in [5.74, 6) is 1.83. The molecule has 34 heavy (non-hydrogen) atoms. The van der Waals surface area contributed by atoms with Gasteiger partial charge < -0.3 is 10.5 Å². The van der Waals surface area contributed by atoms with E-state index in [0.29, 0.717) is 23.7 Å². The Morgan fingerprint density at radius 1 is 0.500 bits per heavy atom. The van der Waals surface area contributed by atoms with Gasteiger partial charge in [0.05, 0.1) is 0 Å². The van der Waals surface area contributed by atoms with E-state index < -0.39 is 0 Å². The number of hydrogen-bond acceptors (Lipinski definition) is 2. The molecule has 3 aliphatic carbocycles. The lowest BCUT2D eigenvalue weighted by atomic mass is 9.60. The first-order chi connectivity index (χ1) is 16.8. The normalized spacial score (nSPS) is 28.1. The van der Waals surface area contributed by atoms with Gasteiger partial charge in [0.1, 0.15) is 0 Å². The monoisotopic (exact) mass is 470 g/mol. The van der Waals surface area contributed by atoms with Gasteiger partial charge >= 0.3 is 0 Å². The highest BCUT2D eigenvalue weighted by Crippen LogP contribution is 2.27. The van der Waals surface area contributed by atoms with Gasteiger partial charge in [-0.05, 0) is 25.3 Å². The molecule has 0 radical (unpaired) electrons. The fraction of sp³-hybridized carbons (Fsp3) is 0.966. The third-order valence-electron chi connectivity index (χ3n) is 9.16. The molecule has 0 aromatic carbocycles. The Hall–Kier alpha value is -0.440. The summed E-state index contributed by atoms with van der Waals surface area (Å²) in [5, 5.41) is 7.58. The van der Waals surface area contributed by atoms with Crippen molar-refractivity contribution >= 4 is 20.5 Å². The fourth-order valence-electron chi connectivity index (χ4n) is 6.93. The van der Waals surface area contributed by atoms with Crippen molar-refractivity contribution in [2.24, 2.45) is 0 Å². The van der Waals surface area contributed by atoms with Crippen LogP contribution in [0.4, 0.5) is 4.79 Å². The summed E-state index contributed by atoms with van der Waals surface area (Å²) < 4.78 is 0. The largest absolute Gasteiger partial charge is 0.362 e. The van der Waals surface area contributed by atoms with E-state index in [2.05, 4.69) is 10.5 Å². The number of rotatable bonds is 6. The van der Waals surface area contributed by atoms with E-state index in [0.717, 1.165) is 19.5 Å². The van der Waals surface area contributed by atoms with Crippen molar-refractivity contribution in [3.63, 3.8) is 0 Å². The molecule has 0 heterocycles. The molecule has 194 valence electrons. The van der Waals surface area contributed by atoms with E-state index in [-0.39, 0.29) is 0 Å². The van der Waals surface area contributed by atoms with E-state index in [4.69, 9.17) is 0 Å². The van der Waals surface area contributed by atoms with Crippen molar-refractivity contribution in [2.75, 3.05) is 0 Å². The highest BCUT2D eigenvalue weighted by Gasteiger charge is 2.23. The lowest BCUT2D eigenvalue weighted by molar-refractivity contribution is 0.251. The first kappa shape index (κ1) is 28.1. The first-order valence-corrected chi connectivity index (χ1v) is 15.8. The summed E-state index contributed by atoms with van der Waals surface area (Å²) in [4.78, 5) is 13.1. The molecular weight excluding hydrogens is 414 g/mol. The zero-order valence-corrected chi connectivity index (χ0v) is 22.6. The van der Waals surface area contributed by atoms with Crippen molar-refractivity contribution < 1.29 is 4.79 Å². The molecule has 3 saturated carbocycles. The van der Waals surface area contributed by atoms with E-state index >= 15 is 0 Å². The Morgan fingerprint density at radius 2 is 0.912 bits per heavy atom. The van der Waals surface area contributed by atoms with Crippen molar-refractivity contribution in [1.82, 2.24) is 10.5 Å². The average molecular weight is 470 g/mol. The zero-order chi connectivity index (χ0) is 23.7. The lowest BCUT2D eigenvalue weighted by Crippen LogP contribution is -2.44. The molecule has 3 fully saturated rings. The maximum Gasteiger partial charge on any atom is 0.237 e. The van der Waals surface area contributed by atoms with Crippen LogP contribution in [0.2, 0.25) is 11.6 Å². The Bertz CT molecular complexity index is 512. The Kier molecular flexibility index (Phi) is 14.8. The van der Waals surface area contributed by atoms with E-state index in [1.54, 1.807) is 0 Å². The smallest absolute Gasteiger partial charge is 0.237 e. The number of amides is 1. The topological polar surface area (TPSA) is 41.1 Å².